The van der Waals surface area contributed by atoms with Crippen LogP contribution in [0, 0.1) is 12.4 Å². The number of alkyl halides is 5. The second-order valence-corrected chi connectivity index (χ2v) is 8.44. The zero-order valence-electron chi connectivity index (χ0n) is 18.0. The molecule has 0 aliphatic heterocycles. The lowest BCUT2D eigenvalue weighted by Gasteiger charge is -2.28. The second kappa shape index (κ2) is 10.1. The highest BCUT2D eigenvalue weighted by Gasteiger charge is 2.53. The Bertz CT molecular complexity index is 1010. The molecular weight excluding hydrogens is 460 g/mol. The molecule has 0 bridgehead atoms. The van der Waals surface area contributed by atoms with Crippen molar-refractivity contribution in [1.82, 2.24) is 10.6 Å². The molecular formula is C24H23F6N3O. The number of halogens is 6. The van der Waals surface area contributed by atoms with Crippen molar-refractivity contribution in [3.63, 3.8) is 0 Å². The fourth-order valence-corrected chi connectivity index (χ4v) is 3.56. The monoisotopic (exact) mass is 483 g/mol. The number of nitrogens with zero attached hydrogens (tertiary/aromatic N) is 1. The Hall–Kier alpha value is -3.06. The highest BCUT2D eigenvalue weighted by molar-refractivity contribution is 5.83. The topological polar surface area (TPSA) is 45.5 Å². The number of amides is 1. The van der Waals surface area contributed by atoms with Gasteiger partial charge in [-0.15, -0.1) is 0 Å². The maximum Gasteiger partial charge on any atom is 0.407 e. The van der Waals surface area contributed by atoms with Crippen LogP contribution in [0.2, 0.25) is 0 Å². The Morgan fingerprint density at radius 2 is 1.65 bits per heavy atom. The van der Waals surface area contributed by atoms with Crippen molar-refractivity contribution in [2.24, 2.45) is 0 Å². The normalized spacial score (nSPS) is 16.9. The zero-order valence-corrected chi connectivity index (χ0v) is 18.0. The summed E-state index contributed by atoms with van der Waals surface area (Å²) in [7, 11) is 0. The Kier molecular flexibility index (Phi) is 7.56. The number of benzene rings is 2. The van der Waals surface area contributed by atoms with Crippen molar-refractivity contribution >= 4 is 5.91 Å². The van der Waals surface area contributed by atoms with Crippen LogP contribution in [0.5, 0.6) is 0 Å². The van der Waals surface area contributed by atoms with E-state index in [2.05, 4.69) is 15.5 Å². The molecule has 2 aromatic rings. The quantitative estimate of drug-likeness (QED) is 0.343. The van der Waals surface area contributed by atoms with Crippen LogP contribution in [0.3, 0.4) is 0 Å². The van der Waals surface area contributed by atoms with Crippen LogP contribution < -0.4 is 10.6 Å². The van der Waals surface area contributed by atoms with Crippen LogP contribution in [-0.2, 0) is 11.2 Å². The van der Waals surface area contributed by atoms with Crippen LogP contribution in [0.1, 0.15) is 42.9 Å². The third kappa shape index (κ3) is 6.97. The molecule has 1 fully saturated rings. The molecule has 10 heteroatoms. The van der Waals surface area contributed by atoms with Crippen LogP contribution >= 0.6 is 0 Å². The first-order valence-electron chi connectivity index (χ1n) is 10.6. The highest BCUT2D eigenvalue weighted by atomic mass is 19.4. The molecule has 182 valence electrons. The lowest BCUT2D eigenvalue weighted by molar-refractivity contribution is -0.161. The molecule has 0 radical (unpaired) electrons. The molecule has 2 atom stereocenters. The van der Waals surface area contributed by atoms with Crippen LogP contribution in [-0.4, -0.2) is 29.7 Å². The summed E-state index contributed by atoms with van der Waals surface area (Å²) >= 11 is 0. The van der Waals surface area contributed by atoms with Gasteiger partial charge in [-0.3, -0.25) is 20.3 Å². The van der Waals surface area contributed by atoms with E-state index in [0.717, 1.165) is 24.3 Å². The van der Waals surface area contributed by atoms with Gasteiger partial charge in [0.1, 0.15) is 11.9 Å². The standard InChI is InChI=1S/C24H23F6N3O/c1-31-23(13-14-23)33-21(34)19(11-12-22(26,27)15-16-5-3-2-4-6-16)32-20(24(28,29)30)17-7-9-18(25)10-8-17/h2-10,19-20,32H,11-15H2,(H,33,34)/t19-,20-/m0/s1. The van der Waals surface area contributed by atoms with Gasteiger partial charge in [-0.05, 0) is 29.7 Å². The fraction of sp³-hybridized carbons (Fsp3) is 0.417. The van der Waals surface area contributed by atoms with Gasteiger partial charge in [-0.2, -0.15) is 13.2 Å². The minimum Gasteiger partial charge on any atom is -0.291 e. The van der Waals surface area contributed by atoms with E-state index in [9.17, 15) is 31.1 Å². The summed E-state index contributed by atoms with van der Waals surface area (Å²) in [6, 6.07) is 7.36. The van der Waals surface area contributed by atoms with Crippen molar-refractivity contribution < 1.29 is 31.1 Å². The van der Waals surface area contributed by atoms with Crippen LogP contribution in [0.4, 0.5) is 26.3 Å². The van der Waals surface area contributed by atoms with Gasteiger partial charge in [0.05, 0.1) is 18.9 Å². The summed E-state index contributed by atoms with van der Waals surface area (Å²) in [6.45, 7) is 7.18. The SMILES string of the molecule is [C-]#[N+]C1(NC(=O)[C@H](CCC(F)(F)Cc2ccccc2)N[C@@H](c2ccc(F)cc2)C(F)(F)F)CC1. The van der Waals surface area contributed by atoms with Crippen molar-refractivity contribution in [2.75, 3.05) is 0 Å². The molecule has 1 aliphatic carbocycles. The average Bonchev–Trinajstić information content (AvgIpc) is 3.54. The molecule has 1 amide bonds. The first kappa shape index (κ1) is 25.6. The van der Waals surface area contributed by atoms with E-state index in [1.54, 1.807) is 18.2 Å². The Labute approximate surface area is 193 Å². The van der Waals surface area contributed by atoms with Gasteiger partial charge in [-0.25, -0.2) is 19.7 Å². The van der Waals surface area contributed by atoms with Crippen molar-refractivity contribution in [3.05, 3.63) is 83.0 Å². The van der Waals surface area contributed by atoms with Crippen molar-refractivity contribution in [1.29, 1.82) is 0 Å². The summed E-state index contributed by atoms with van der Waals surface area (Å²) in [5.74, 6) is -4.98. The molecule has 0 saturated heterocycles. The van der Waals surface area contributed by atoms with E-state index < -0.39 is 60.8 Å². The van der Waals surface area contributed by atoms with Gasteiger partial charge in [0.15, 0.2) is 0 Å². The fourth-order valence-electron chi connectivity index (χ4n) is 3.56. The lowest BCUT2D eigenvalue weighted by Crippen LogP contribution is -2.51. The van der Waals surface area contributed by atoms with E-state index in [1.165, 1.54) is 12.1 Å². The predicted octanol–water partition coefficient (Wildman–Crippen LogP) is 5.57. The molecule has 1 aliphatic rings. The molecule has 4 nitrogen and oxygen atoms in total. The van der Waals surface area contributed by atoms with Gasteiger partial charge in [0.25, 0.3) is 5.92 Å². The first-order valence-corrected chi connectivity index (χ1v) is 10.6. The molecule has 0 unspecified atom stereocenters. The Balaban J connectivity index is 1.80. The molecule has 0 heterocycles. The summed E-state index contributed by atoms with van der Waals surface area (Å²) in [6.07, 6.45) is -6.31. The molecule has 2 aromatic carbocycles. The minimum absolute atomic E-state index is 0.333. The number of rotatable bonds is 10. The van der Waals surface area contributed by atoms with E-state index >= 15 is 0 Å². The molecule has 0 aromatic heterocycles. The Morgan fingerprint density at radius 3 is 2.18 bits per heavy atom. The zero-order chi connectivity index (χ0) is 25.0. The van der Waals surface area contributed by atoms with Gasteiger partial charge >= 0.3 is 11.8 Å². The molecule has 0 spiro atoms. The van der Waals surface area contributed by atoms with Gasteiger partial charge in [-0.1, -0.05) is 42.5 Å². The minimum atomic E-state index is -4.89. The third-order valence-corrected chi connectivity index (χ3v) is 5.61. The number of carbonyl (C=O) groups excluding carboxylic acids is 1. The predicted molar refractivity (Wildman–Crippen MR) is 113 cm³/mol. The highest BCUT2D eigenvalue weighted by Crippen LogP contribution is 2.38. The first-order chi connectivity index (χ1) is 15.9. The van der Waals surface area contributed by atoms with Gasteiger partial charge < -0.3 is 0 Å². The van der Waals surface area contributed by atoms with Crippen LogP contribution in [0.25, 0.3) is 4.85 Å². The van der Waals surface area contributed by atoms with Gasteiger partial charge in [0, 0.05) is 12.8 Å². The van der Waals surface area contributed by atoms with E-state index in [0.29, 0.717) is 18.4 Å². The second-order valence-electron chi connectivity index (χ2n) is 8.44. The van der Waals surface area contributed by atoms with E-state index in [4.69, 9.17) is 6.57 Å². The number of nitrogens with one attached hydrogen (secondary N) is 2. The number of hydrogen-bond acceptors (Lipinski definition) is 2. The largest absolute Gasteiger partial charge is 0.407 e. The maximum atomic E-state index is 14.6. The summed E-state index contributed by atoms with van der Waals surface area (Å²) < 4.78 is 83.9. The van der Waals surface area contributed by atoms with Crippen molar-refractivity contribution in [3.8, 4) is 0 Å². The lowest BCUT2D eigenvalue weighted by atomic mass is 9.98. The number of carbonyl (C=O) groups is 1. The average molecular weight is 483 g/mol. The van der Waals surface area contributed by atoms with Crippen molar-refractivity contribution in [2.45, 2.75) is 61.9 Å². The summed E-state index contributed by atoms with van der Waals surface area (Å²) in [5, 5.41) is 4.54. The van der Waals surface area contributed by atoms with E-state index in [-0.39, 0.29) is 5.56 Å². The molecule has 34 heavy (non-hydrogen) atoms. The smallest absolute Gasteiger partial charge is 0.291 e. The van der Waals surface area contributed by atoms with E-state index in [1.807, 2.05) is 0 Å². The number of hydrogen-bond donors (Lipinski definition) is 2. The summed E-state index contributed by atoms with van der Waals surface area (Å²) in [4.78, 5) is 16.1. The third-order valence-electron chi connectivity index (χ3n) is 5.61. The maximum absolute atomic E-state index is 14.6. The summed E-state index contributed by atoms with van der Waals surface area (Å²) in [5.41, 5.74) is -1.22. The van der Waals surface area contributed by atoms with Crippen LogP contribution in [0.15, 0.2) is 54.6 Å². The Morgan fingerprint density at radius 1 is 1.03 bits per heavy atom. The molecule has 1 saturated carbocycles. The molecule has 3 rings (SSSR count). The molecule has 2 N–H and O–H groups in total. The van der Waals surface area contributed by atoms with Gasteiger partial charge in [0.2, 0.25) is 5.91 Å².